The number of carbonyl (C=O) groups is 1. The third kappa shape index (κ3) is 4.89. The topological polar surface area (TPSA) is 50.7 Å². The fourth-order valence-electron chi connectivity index (χ4n) is 2.02. The molecule has 20 heavy (non-hydrogen) atoms. The number of hydrogen-bond acceptors (Lipinski definition) is 4. The Balaban J connectivity index is 1.73. The first-order valence-electron chi connectivity index (χ1n) is 6.91. The zero-order chi connectivity index (χ0) is 14.2. The number of carbonyl (C=O) groups excluding carboxylic acids is 1. The summed E-state index contributed by atoms with van der Waals surface area (Å²) in [5.74, 6) is 0.841. The Morgan fingerprint density at radius 2 is 2.25 bits per heavy atom. The molecular formula is C15H20N2O2S. The second-order valence-electron chi connectivity index (χ2n) is 4.58. The summed E-state index contributed by atoms with van der Waals surface area (Å²) in [6.07, 6.45) is 1.35. The summed E-state index contributed by atoms with van der Waals surface area (Å²) in [6, 6.07) is 10.9. The standard InChI is InChI=1S/C15H20N2O2S/c1-2-19-14(18)8-9-16-15-17-13(11-20-15)10-12-6-4-3-5-7-12/h3-7,13H,2,8-11H2,1H3,(H,16,17). The minimum absolute atomic E-state index is 0.180. The van der Waals surface area contributed by atoms with Crippen LogP contribution in [-0.4, -0.2) is 36.1 Å². The molecule has 1 unspecified atom stereocenters. The van der Waals surface area contributed by atoms with Crippen molar-refractivity contribution in [1.82, 2.24) is 5.32 Å². The largest absolute Gasteiger partial charge is 0.466 e. The van der Waals surface area contributed by atoms with E-state index in [4.69, 9.17) is 4.74 Å². The van der Waals surface area contributed by atoms with E-state index in [2.05, 4.69) is 34.6 Å². The summed E-state index contributed by atoms with van der Waals surface area (Å²) in [7, 11) is 0. The van der Waals surface area contributed by atoms with Gasteiger partial charge in [-0.1, -0.05) is 42.1 Å². The Kier molecular flexibility index (Phi) is 5.92. The molecule has 1 heterocycles. The fraction of sp³-hybridized carbons (Fsp3) is 0.467. The molecular weight excluding hydrogens is 272 g/mol. The van der Waals surface area contributed by atoms with Gasteiger partial charge in [0.15, 0.2) is 5.17 Å². The van der Waals surface area contributed by atoms with Crippen molar-refractivity contribution in [1.29, 1.82) is 0 Å². The van der Waals surface area contributed by atoms with Gasteiger partial charge in [0.2, 0.25) is 0 Å². The van der Waals surface area contributed by atoms with E-state index < -0.39 is 0 Å². The number of amidine groups is 1. The molecule has 1 aromatic carbocycles. The molecule has 0 aliphatic carbocycles. The maximum atomic E-state index is 11.2. The van der Waals surface area contributed by atoms with Gasteiger partial charge in [-0.25, -0.2) is 0 Å². The second-order valence-corrected chi connectivity index (χ2v) is 5.59. The predicted octanol–water partition coefficient (Wildman–Crippen LogP) is 2.24. The van der Waals surface area contributed by atoms with E-state index in [1.165, 1.54) is 5.56 Å². The molecule has 1 aliphatic heterocycles. The number of ether oxygens (including phenoxy) is 1. The summed E-state index contributed by atoms with van der Waals surface area (Å²) in [6.45, 7) is 2.74. The van der Waals surface area contributed by atoms with Crippen molar-refractivity contribution in [2.24, 2.45) is 4.99 Å². The van der Waals surface area contributed by atoms with E-state index in [1.54, 1.807) is 11.8 Å². The number of esters is 1. The van der Waals surface area contributed by atoms with Crippen LogP contribution in [0.25, 0.3) is 0 Å². The molecule has 0 bridgehead atoms. The number of thioether (sulfide) groups is 1. The van der Waals surface area contributed by atoms with Gasteiger partial charge >= 0.3 is 5.97 Å². The highest BCUT2D eigenvalue weighted by atomic mass is 32.2. The van der Waals surface area contributed by atoms with Crippen molar-refractivity contribution < 1.29 is 9.53 Å². The summed E-state index contributed by atoms with van der Waals surface area (Å²) in [5.41, 5.74) is 1.33. The lowest BCUT2D eigenvalue weighted by atomic mass is 10.1. The summed E-state index contributed by atoms with van der Waals surface area (Å²) < 4.78 is 4.87. The Labute approximate surface area is 124 Å². The number of nitrogens with one attached hydrogen (secondary N) is 1. The van der Waals surface area contributed by atoms with Gasteiger partial charge in [0, 0.05) is 11.8 Å². The van der Waals surface area contributed by atoms with Crippen LogP contribution >= 0.6 is 11.8 Å². The van der Waals surface area contributed by atoms with Gasteiger partial charge in [-0.15, -0.1) is 0 Å². The fourth-order valence-corrected chi connectivity index (χ4v) is 3.01. The Hall–Kier alpha value is -1.49. The normalized spacial score (nSPS) is 19.9. The quantitative estimate of drug-likeness (QED) is 0.817. The van der Waals surface area contributed by atoms with Crippen LogP contribution in [0.15, 0.2) is 35.3 Å². The van der Waals surface area contributed by atoms with Crippen LogP contribution in [0.5, 0.6) is 0 Å². The molecule has 0 radical (unpaired) electrons. The minimum Gasteiger partial charge on any atom is -0.466 e. The molecule has 1 atom stereocenters. The third-order valence-electron chi connectivity index (χ3n) is 2.95. The third-order valence-corrected chi connectivity index (χ3v) is 4.04. The van der Waals surface area contributed by atoms with Crippen LogP contribution in [0.2, 0.25) is 0 Å². The highest BCUT2D eigenvalue weighted by molar-refractivity contribution is 8.14. The van der Waals surface area contributed by atoms with Gasteiger partial charge in [0.05, 0.1) is 19.6 Å². The SMILES string of the molecule is CCOC(=O)CCN=C1NC(Cc2ccccc2)CS1. The molecule has 1 fully saturated rings. The molecule has 1 N–H and O–H groups in total. The van der Waals surface area contributed by atoms with Crippen LogP contribution in [0.3, 0.4) is 0 Å². The molecule has 2 rings (SSSR count). The summed E-state index contributed by atoms with van der Waals surface area (Å²) in [5, 5.41) is 4.35. The van der Waals surface area contributed by atoms with Crippen molar-refractivity contribution in [3.05, 3.63) is 35.9 Å². The maximum absolute atomic E-state index is 11.2. The van der Waals surface area contributed by atoms with Gasteiger partial charge in [-0.2, -0.15) is 0 Å². The molecule has 4 nitrogen and oxygen atoms in total. The van der Waals surface area contributed by atoms with E-state index >= 15 is 0 Å². The molecule has 5 heteroatoms. The number of rotatable bonds is 6. The first kappa shape index (κ1) is 14.9. The van der Waals surface area contributed by atoms with E-state index in [1.807, 2.05) is 13.0 Å². The lowest BCUT2D eigenvalue weighted by Crippen LogP contribution is -2.29. The Morgan fingerprint density at radius 1 is 1.45 bits per heavy atom. The van der Waals surface area contributed by atoms with Crippen molar-refractivity contribution in [2.45, 2.75) is 25.8 Å². The molecule has 0 saturated carbocycles. The van der Waals surface area contributed by atoms with E-state index in [0.717, 1.165) is 17.3 Å². The molecule has 1 saturated heterocycles. The van der Waals surface area contributed by atoms with Crippen molar-refractivity contribution in [3.8, 4) is 0 Å². The summed E-state index contributed by atoms with van der Waals surface area (Å²) in [4.78, 5) is 15.6. The van der Waals surface area contributed by atoms with Crippen LogP contribution in [0, 0.1) is 0 Å². The number of nitrogens with zero attached hydrogens (tertiary/aromatic N) is 1. The van der Waals surface area contributed by atoms with Crippen molar-refractivity contribution in [2.75, 3.05) is 18.9 Å². The van der Waals surface area contributed by atoms with Crippen molar-refractivity contribution in [3.63, 3.8) is 0 Å². The highest BCUT2D eigenvalue weighted by Crippen LogP contribution is 2.17. The highest BCUT2D eigenvalue weighted by Gasteiger charge is 2.20. The first-order valence-corrected chi connectivity index (χ1v) is 7.90. The smallest absolute Gasteiger partial charge is 0.307 e. The van der Waals surface area contributed by atoms with E-state index in [9.17, 15) is 4.79 Å². The monoisotopic (exact) mass is 292 g/mol. The molecule has 1 aromatic rings. The van der Waals surface area contributed by atoms with Crippen molar-refractivity contribution >= 4 is 22.9 Å². The van der Waals surface area contributed by atoms with Gasteiger partial charge in [-0.3, -0.25) is 9.79 Å². The van der Waals surface area contributed by atoms with Crippen LogP contribution in [0.4, 0.5) is 0 Å². The van der Waals surface area contributed by atoms with Gasteiger partial charge < -0.3 is 10.1 Å². The van der Waals surface area contributed by atoms with Gasteiger partial charge in [-0.05, 0) is 18.9 Å². The molecule has 108 valence electrons. The maximum Gasteiger partial charge on any atom is 0.307 e. The molecule has 0 amide bonds. The van der Waals surface area contributed by atoms with E-state index in [-0.39, 0.29) is 5.97 Å². The molecule has 1 aliphatic rings. The van der Waals surface area contributed by atoms with E-state index in [0.29, 0.717) is 25.6 Å². The Morgan fingerprint density at radius 3 is 3.00 bits per heavy atom. The minimum atomic E-state index is -0.180. The molecule has 0 aromatic heterocycles. The molecule has 0 spiro atoms. The second kappa shape index (κ2) is 7.94. The zero-order valence-corrected chi connectivity index (χ0v) is 12.5. The summed E-state index contributed by atoms with van der Waals surface area (Å²) >= 11 is 1.72. The van der Waals surface area contributed by atoms with Crippen LogP contribution in [-0.2, 0) is 16.0 Å². The zero-order valence-electron chi connectivity index (χ0n) is 11.7. The predicted molar refractivity (Wildman–Crippen MR) is 83.1 cm³/mol. The van der Waals surface area contributed by atoms with Gasteiger partial charge in [0.25, 0.3) is 0 Å². The number of hydrogen-bond donors (Lipinski definition) is 1. The average Bonchev–Trinajstić information content (AvgIpc) is 2.88. The Bertz CT molecular complexity index is 462. The van der Waals surface area contributed by atoms with Gasteiger partial charge in [0.1, 0.15) is 0 Å². The number of aliphatic imine (C=N–C) groups is 1. The lowest BCUT2D eigenvalue weighted by Gasteiger charge is -2.09. The average molecular weight is 292 g/mol. The number of benzene rings is 1. The van der Waals surface area contributed by atoms with Crippen LogP contribution < -0.4 is 5.32 Å². The first-order chi connectivity index (χ1) is 9.78. The lowest BCUT2D eigenvalue weighted by molar-refractivity contribution is -0.142. The van der Waals surface area contributed by atoms with Crippen LogP contribution in [0.1, 0.15) is 18.9 Å².